The number of aromatic nitrogens is 4. The SMILES string of the molecule is COc1cc(C(C)n2cc(C(=O)NC3CC(C)(c4cc(Cl)ccc4C#N)C3)nn2)cnc1N1C[C@H]2C[C@H]2C1=O. The maximum Gasteiger partial charge on any atom is 0.273 e. The van der Waals surface area contributed by atoms with E-state index in [1.165, 1.54) is 0 Å². The molecule has 200 valence electrons. The zero-order valence-corrected chi connectivity index (χ0v) is 22.6. The Balaban J connectivity index is 1.11. The summed E-state index contributed by atoms with van der Waals surface area (Å²) in [6, 6.07) is 9.07. The number of hydrogen-bond donors (Lipinski definition) is 1. The van der Waals surface area contributed by atoms with Gasteiger partial charge in [0.05, 0.1) is 31.0 Å². The van der Waals surface area contributed by atoms with Crippen LogP contribution in [-0.2, 0) is 10.2 Å². The number of fused-ring (bicyclic) bond motifs is 1. The van der Waals surface area contributed by atoms with E-state index in [0.29, 0.717) is 47.5 Å². The highest BCUT2D eigenvalue weighted by Gasteiger charge is 2.53. The Morgan fingerprint density at radius 1 is 1.33 bits per heavy atom. The van der Waals surface area contributed by atoms with Crippen molar-refractivity contribution in [2.24, 2.45) is 11.8 Å². The van der Waals surface area contributed by atoms with Gasteiger partial charge in [0.1, 0.15) is 0 Å². The minimum absolute atomic E-state index is 0.0454. The highest BCUT2D eigenvalue weighted by atomic mass is 35.5. The van der Waals surface area contributed by atoms with Crippen molar-refractivity contribution in [3.63, 3.8) is 0 Å². The molecule has 1 aromatic carbocycles. The van der Waals surface area contributed by atoms with Crippen molar-refractivity contribution >= 4 is 29.2 Å². The summed E-state index contributed by atoms with van der Waals surface area (Å²) in [7, 11) is 1.56. The first-order valence-corrected chi connectivity index (χ1v) is 13.4. The van der Waals surface area contributed by atoms with Crippen LogP contribution in [0.1, 0.15) is 66.3 Å². The second kappa shape index (κ2) is 9.35. The molecule has 3 fully saturated rings. The van der Waals surface area contributed by atoms with E-state index in [0.717, 1.165) is 17.5 Å². The smallest absolute Gasteiger partial charge is 0.273 e. The molecule has 10 nitrogen and oxygen atoms in total. The lowest BCUT2D eigenvalue weighted by Gasteiger charge is -2.46. The van der Waals surface area contributed by atoms with Gasteiger partial charge in [-0.25, -0.2) is 9.67 Å². The second-order valence-electron chi connectivity index (χ2n) is 11.0. The summed E-state index contributed by atoms with van der Waals surface area (Å²) in [5, 5.41) is 21.4. The molecule has 1 aliphatic heterocycles. The predicted molar refractivity (Wildman–Crippen MR) is 143 cm³/mol. The van der Waals surface area contributed by atoms with Crippen molar-refractivity contribution in [1.29, 1.82) is 5.26 Å². The van der Waals surface area contributed by atoms with Gasteiger partial charge in [-0.15, -0.1) is 5.10 Å². The van der Waals surface area contributed by atoms with Crippen LogP contribution in [0, 0.1) is 23.2 Å². The van der Waals surface area contributed by atoms with E-state index in [2.05, 4.69) is 33.6 Å². The summed E-state index contributed by atoms with van der Waals surface area (Å²) in [4.78, 5) is 31.7. The first-order chi connectivity index (χ1) is 18.7. The number of hydrogen-bond acceptors (Lipinski definition) is 7. The molecule has 3 atom stereocenters. The molecule has 1 saturated heterocycles. The predicted octanol–water partition coefficient (Wildman–Crippen LogP) is 3.65. The Morgan fingerprint density at radius 2 is 2.13 bits per heavy atom. The van der Waals surface area contributed by atoms with Crippen LogP contribution in [0.4, 0.5) is 5.82 Å². The molecular weight excluding hydrogens is 518 g/mol. The Labute approximate surface area is 230 Å². The maximum atomic E-state index is 12.9. The van der Waals surface area contributed by atoms with Crippen LogP contribution in [0.25, 0.3) is 0 Å². The number of nitrogens with zero attached hydrogens (tertiary/aromatic N) is 6. The first-order valence-electron chi connectivity index (χ1n) is 13.0. The Bertz CT molecular complexity index is 1520. The van der Waals surface area contributed by atoms with Crippen LogP contribution >= 0.6 is 11.6 Å². The number of piperidine rings is 1. The van der Waals surface area contributed by atoms with Crippen molar-refractivity contribution in [1.82, 2.24) is 25.3 Å². The van der Waals surface area contributed by atoms with Crippen LogP contribution in [0.2, 0.25) is 5.02 Å². The quantitative estimate of drug-likeness (QED) is 0.480. The van der Waals surface area contributed by atoms with E-state index in [4.69, 9.17) is 16.3 Å². The van der Waals surface area contributed by atoms with Gasteiger partial charge in [0.2, 0.25) is 5.91 Å². The van der Waals surface area contributed by atoms with Crippen molar-refractivity contribution < 1.29 is 14.3 Å². The number of rotatable bonds is 7. The van der Waals surface area contributed by atoms with Gasteiger partial charge in [-0.3, -0.25) is 14.5 Å². The number of benzene rings is 1. The molecule has 1 unspecified atom stereocenters. The number of carbonyl (C=O) groups excluding carboxylic acids is 2. The monoisotopic (exact) mass is 545 g/mol. The number of pyridine rings is 1. The average molecular weight is 546 g/mol. The number of amides is 2. The van der Waals surface area contributed by atoms with Crippen molar-refractivity contribution in [2.75, 3.05) is 18.6 Å². The van der Waals surface area contributed by atoms with Crippen molar-refractivity contribution in [3.8, 4) is 11.8 Å². The molecule has 3 aromatic rings. The molecule has 2 amide bonds. The maximum absolute atomic E-state index is 12.9. The Morgan fingerprint density at radius 3 is 2.82 bits per heavy atom. The lowest BCUT2D eigenvalue weighted by molar-refractivity contribution is -0.118. The van der Waals surface area contributed by atoms with Gasteiger partial charge >= 0.3 is 0 Å². The summed E-state index contributed by atoms with van der Waals surface area (Å²) in [6.45, 7) is 4.69. The summed E-state index contributed by atoms with van der Waals surface area (Å²) in [6.07, 6.45) is 5.68. The van der Waals surface area contributed by atoms with Crippen LogP contribution < -0.4 is 15.0 Å². The number of nitrogens with one attached hydrogen (secondary N) is 1. The Hall–Kier alpha value is -3.97. The zero-order chi connectivity index (χ0) is 27.5. The number of nitriles is 1. The van der Waals surface area contributed by atoms with E-state index < -0.39 is 0 Å². The Kier molecular flexibility index (Phi) is 6.07. The highest BCUT2D eigenvalue weighted by molar-refractivity contribution is 6.30. The summed E-state index contributed by atoms with van der Waals surface area (Å²) in [5.74, 6) is 1.45. The normalized spacial score (nSPS) is 25.9. The molecule has 2 aromatic heterocycles. The molecule has 0 radical (unpaired) electrons. The number of ether oxygens (including phenoxy) is 1. The fraction of sp³-hybridized carbons (Fsp3) is 0.429. The lowest BCUT2D eigenvalue weighted by Crippen LogP contribution is -2.52. The molecule has 2 saturated carbocycles. The van der Waals surface area contributed by atoms with E-state index in [-0.39, 0.29) is 40.9 Å². The first kappa shape index (κ1) is 25.3. The molecule has 2 aliphatic carbocycles. The van der Waals surface area contributed by atoms with Gasteiger partial charge in [-0.05, 0) is 72.9 Å². The molecule has 39 heavy (non-hydrogen) atoms. The van der Waals surface area contributed by atoms with Gasteiger partial charge in [0.15, 0.2) is 17.3 Å². The molecule has 6 rings (SSSR count). The molecule has 11 heteroatoms. The molecule has 3 heterocycles. The average Bonchev–Trinajstić information content (AvgIpc) is 3.38. The number of anilines is 1. The third-order valence-corrected chi connectivity index (χ3v) is 8.59. The second-order valence-corrected chi connectivity index (χ2v) is 11.5. The molecule has 1 N–H and O–H groups in total. The zero-order valence-electron chi connectivity index (χ0n) is 21.9. The van der Waals surface area contributed by atoms with E-state index in [1.54, 1.807) is 41.2 Å². The van der Waals surface area contributed by atoms with E-state index in [9.17, 15) is 14.9 Å². The third kappa shape index (κ3) is 4.40. The standard InChI is InChI=1S/C28H28ClN7O3/c1-15(17-7-24(39-3)25(31-12-17)35-13-18-6-21(18)27(35)38)36-14-23(33-34-36)26(37)32-20-9-28(2,10-20)22-8-19(29)5-4-16(22)11-30/h4-5,7-8,12,14-15,18,20-21H,6,9-10,13H2,1-3H3,(H,32,37)/t15?,18-,20?,21-,28?/m1/s1. The van der Waals surface area contributed by atoms with Gasteiger partial charge in [-0.1, -0.05) is 23.7 Å². The largest absolute Gasteiger partial charge is 0.493 e. The molecule has 0 spiro atoms. The topological polar surface area (TPSA) is 126 Å². The van der Waals surface area contributed by atoms with Gasteiger partial charge in [-0.2, -0.15) is 5.26 Å². The lowest BCUT2D eigenvalue weighted by atomic mass is 9.62. The summed E-state index contributed by atoms with van der Waals surface area (Å²) >= 11 is 6.18. The fourth-order valence-electron chi connectivity index (χ4n) is 5.95. The van der Waals surface area contributed by atoms with Crippen LogP contribution in [0.15, 0.2) is 36.7 Å². The van der Waals surface area contributed by atoms with Crippen LogP contribution in [-0.4, -0.2) is 51.5 Å². The van der Waals surface area contributed by atoms with Crippen LogP contribution in [0.3, 0.4) is 0 Å². The van der Waals surface area contributed by atoms with E-state index >= 15 is 0 Å². The van der Waals surface area contributed by atoms with Gasteiger partial charge in [0, 0.05) is 29.7 Å². The summed E-state index contributed by atoms with van der Waals surface area (Å²) < 4.78 is 7.18. The van der Waals surface area contributed by atoms with Crippen molar-refractivity contribution in [2.45, 2.75) is 50.6 Å². The summed E-state index contributed by atoms with van der Waals surface area (Å²) in [5.41, 5.74) is 2.30. The van der Waals surface area contributed by atoms with Gasteiger partial charge in [0.25, 0.3) is 5.91 Å². The fourth-order valence-corrected chi connectivity index (χ4v) is 6.12. The van der Waals surface area contributed by atoms with Crippen molar-refractivity contribution in [3.05, 3.63) is 64.1 Å². The number of halogens is 1. The van der Waals surface area contributed by atoms with Crippen LogP contribution in [0.5, 0.6) is 5.75 Å². The molecule has 3 aliphatic rings. The number of methoxy groups -OCH3 is 1. The number of carbonyl (C=O) groups is 2. The minimum Gasteiger partial charge on any atom is -0.493 e. The van der Waals surface area contributed by atoms with Gasteiger partial charge < -0.3 is 10.1 Å². The highest BCUT2D eigenvalue weighted by Crippen LogP contribution is 2.48. The molecular formula is C28H28ClN7O3. The minimum atomic E-state index is -0.302. The third-order valence-electron chi connectivity index (χ3n) is 8.36. The molecule has 0 bridgehead atoms. The van der Waals surface area contributed by atoms with E-state index in [1.807, 2.05) is 19.1 Å².